The van der Waals surface area contributed by atoms with Gasteiger partial charge in [-0.25, -0.2) is 9.78 Å². The van der Waals surface area contributed by atoms with Crippen molar-refractivity contribution >= 4 is 69.2 Å². The fraction of sp³-hybridized carbons (Fsp3) is 0.550. The summed E-state index contributed by atoms with van der Waals surface area (Å²) in [7, 11) is 1.75. The number of pyridine rings is 1. The lowest BCUT2D eigenvalue weighted by Gasteiger charge is -2.41. The molecule has 314 valence electrons. The molecule has 2 atom stereocenters. The van der Waals surface area contributed by atoms with Gasteiger partial charge >= 0.3 is 12.2 Å². The first-order chi connectivity index (χ1) is 28.0. The molecule has 0 unspecified atom stereocenters. The lowest BCUT2D eigenvalue weighted by atomic mass is 9.88. The number of nitrogens with one attached hydrogen (secondary N) is 2. The Morgan fingerprint density at radius 2 is 1.88 bits per heavy atom. The van der Waals surface area contributed by atoms with Crippen molar-refractivity contribution in [2.75, 3.05) is 41.4 Å². The third-order valence-electron chi connectivity index (χ3n) is 12.1. The first-order valence-electron chi connectivity index (χ1n) is 19.9. The number of alkyl halides is 3. The molecule has 5 heterocycles. The Bertz CT molecular complexity index is 2220. The van der Waals surface area contributed by atoms with E-state index < -0.39 is 34.9 Å². The second kappa shape index (κ2) is 16.5. The molecular weight excluding hydrogens is 790 g/mol. The van der Waals surface area contributed by atoms with Crippen LogP contribution in [0.3, 0.4) is 0 Å². The van der Waals surface area contributed by atoms with Crippen LogP contribution >= 0.6 is 12.2 Å². The van der Waals surface area contributed by atoms with Gasteiger partial charge in [0.15, 0.2) is 16.6 Å². The van der Waals surface area contributed by atoms with Crippen LogP contribution in [-0.2, 0) is 32.3 Å². The molecule has 4 aliphatic rings. The Balaban J connectivity index is 0.868. The zero-order valence-corrected chi connectivity index (χ0v) is 34.2. The Kier molecular flexibility index (Phi) is 11.7. The first kappa shape index (κ1) is 42.0. The first-order valence-corrected chi connectivity index (χ1v) is 20.3. The summed E-state index contributed by atoms with van der Waals surface area (Å²) in [6.07, 6.45) is 2.10. The number of imide groups is 1. The molecule has 59 heavy (non-hydrogen) atoms. The summed E-state index contributed by atoms with van der Waals surface area (Å²) in [5, 5.41) is 19.9. The number of amides is 5. The molecule has 7 rings (SSSR count). The Labute approximate surface area is 344 Å². The number of rotatable bonds is 10. The van der Waals surface area contributed by atoms with Crippen molar-refractivity contribution in [3.8, 4) is 6.07 Å². The molecule has 1 saturated carbocycles. The van der Waals surface area contributed by atoms with Crippen LogP contribution in [0.2, 0.25) is 0 Å². The Morgan fingerprint density at radius 3 is 2.56 bits per heavy atom. The van der Waals surface area contributed by atoms with E-state index in [0.29, 0.717) is 47.8 Å². The number of hydrogen-bond acceptors (Lipinski definition) is 10. The van der Waals surface area contributed by atoms with Crippen LogP contribution in [0.1, 0.15) is 83.4 Å². The van der Waals surface area contributed by atoms with Crippen LogP contribution < -0.4 is 20.4 Å². The minimum Gasteiger partial charge on any atom is -0.378 e. The third-order valence-corrected chi connectivity index (χ3v) is 12.4. The summed E-state index contributed by atoms with van der Waals surface area (Å²) < 4.78 is 49.1. The quantitative estimate of drug-likeness (QED) is 0.249. The molecule has 3 aromatic rings. The second-order valence-corrected chi connectivity index (χ2v) is 16.7. The van der Waals surface area contributed by atoms with Crippen molar-refractivity contribution in [2.45, 2.75) is 102 Å². The SMILES string of the molecule is C[C@H]1C[C@H](CCOC2CCC(N3C(=S)N(c4cnc(C#N)c(C(F)(F)F)c4)C(=O)C3(C)C)CC2)CCN1CC(=O)Nc1cccc2c(N3CCC(=O)NC3=O)nn(C)c12. The molecule has 15 nitrogen and oxygen atoms in total. The number of urea groups is 1. The maximum Gasteiger partial charge on any atom is 0.419 e. The Hall–Kier alpha value is -5.19. The summed E-state index contributed by atoms with van der Waals surface area (Å²) in [6.45, 7) is 7.38. The molecular formula is C40H47F3N10O5S. The van der Waals surface area contributed by atoms with E-state index in [1.54, 1.807) is 37.7 Å². The number of benzene rings is 1. The molecule has 3 saturated heterocycles. The predicted molar refractivity (Wildman–Crippen MR) is 215 cm³/mol. The second-order valence-electron chi connectivity index (χ2n) is 16.3. The number of para-hydroxylation sites is 1. The summed E-state index contributed by atoms with van der Waals surface area (Å²) >= 11 is 5.72. The van der Waals surface area contributed by atoms with Gasteiger partial charge in [-0.1, -0.05) is 6.07 Å². The number of nitrogens with zero attached hydrogens (tertiary/aromatic N) is 8. The molecule has 1 aliphatic carbocycles. The minimum absolute atomic E-state index is 0.0387. The molecule has 0 bridgehead atoms. The van der Waals surface area contributed by atoms with Crippen molar-refractivity contribution in [3.05, 3.63) is 41.7 Å². The lowest BCUT2D eigenvalue weighted by Crippen LogP contribution is -2.51. The van der Waals surface area contributed by atoms with Gasteiger partial charge in [0.2, 0.25) is 11.8 Å². The van der Waals surface area contributed by atoms with Gasteiger partial charge in [-0.2, -0.15) is 23.5 Å². The van der Waals surface area contributed by atoms with Gasteiger partial charge < -0.3 is 15.0 Å². The van der Waals surface area contributed by atoms with Crippen LogP contribution in [-0.4, -0.2) is 103 Å². The highest BCUT2D eigenvalue weighted by atomic mass is 32.1. The van der Waals surface area contributed by atoms with Gasteiger partial charge in [-0.05, 0) is 109 Å². The van der Waals surface area contributed by atoms with Gasteiger partial charge in [0.05, 0.1) is 41.3 Å². The number of aromatic nitrogens is 3. The number of halogens is 3. The van der Waals surface area contributed by atoms with E-state index >= 15 is 0 Å². The number of carbonyl (C=O) groups is 4. The van der Waals surface area contributed by atoms with Crippen LogP contribution in [0.5, 0.6) is 0 Å². The highest BCUT2D eigenvalue weighted by molar-refractivity contribution is 7.80. The molecule has 2 aromatic heterocycles. The molecule has 3 aliphatic heterocycles. The van der Waals surface area contributed by atoms with Crippen molar-refractivity contribution < 1.29 is 37.1 Å². The topological polar surface area (TPSA) is 169 Å². The number of fused-ring (bicyclic) bond motifs is 1. The number of nitriles is 1. The standard InChI is InChI=1S/C40H47F3N10O5S/c1-23-18-24(12-15-50(23)22-33(55)46-30-7-5-6-28-34(30)49(4)48-35(28)51-16-13-32(54)47-37(51)57)14-17-58-27-10-8-25(9-11-27)53-38(59)52(36(56)39(53,2)3)26-19-29(40(41,42)43)31(20-44)45-21-26/h5-7,19,21,23-25,27H,8-18,22H2,1-4H3,(H,46,55)(H,47,54,57)/t23-,24-,25?,27?/m0/s1. The maximum atomic E-state index is 13.7. The summed E-state index contributed by atoms with van der Waals surface area (Å²) in [5.41, 5.74) is -1.94. The lowest BCUT2D eigenvalue weighted by molar-refractivity contribution is -0.138. The fourth-order valence-corrected chi connectivity index (χ4v) is 9.54. The van der Waals surface area contributed by atoms with E-state index in [2.05, 4.69) is 32.5 Å². The van der Waals surface area contributed by atoms with Gasteiger partial charge in [0.1, 0.15) is 11.6 Å². The highest BCUT2D eigenvalue weighted by Crippen LogP contribution is 2.40. The van der Waals surface area contributed by atoms with Crippen LogP contribution in [0.15, 0.2) is 30.5 Å². The number of ether oxygens (including phenoxy) is 1. The number of likely N-dealkylation sites (tertiary alicyclic amines) is 1. The summed E-state index contributed by atoms with van der Waals surface area (Å²) in [4.78, 5) is 61.4. The summed E-state index contributed by atoms with van der Waals surface area (Å²) in [6, 6.07) is 7.22. The normalized spacial score (nSPS) is 24.1. The van der Waals surface area contributed by atoms with Crippen LogP contribution in [0, 0.1) is 17.2 Å². The maximum absolute atomic E-state index is 13.7. The fourth-order valence-electron chi connectivity index (χ4n) is 8.98. The van der Waals surface area contributed by atoms with E-state index in [4.69, 9.17) is 22.2 Å². The largest absolute Gasteiger partial charge is 0.419 e. The third kappa shape index (κ3) is 8.35. The zero-order valence-electron chi connectivity index (χ0n) is 33.3. The molecule has 1 aromatic carbocycles. The average molecular weight is 837 g/mol. The molecule has 0 spiro atoms. The van der Waals surface area contributed by atoms with Gasteiger partial charge in [0, 0.05) is 44.1 Å². The minimum atomic E-state index is -4.83. The van der Waals surface area contributed by atoms with Crippen molar-refractivity contribution in [3.63, 3.8) is 0 Å². The predicted octanol–water partition coefficient (Wildman–Crippen LogP) is 5.47. The molecule has 0 radical (unpaired) electrons. The number of piperidine rings is 1. The number of hydrogen-bond donors (Lipinski definition) is 2. The molecule has 2 N–H and O–H groups in total. The van der Waals surface area contributed by atoms with E-state index in [-0.39, 0.29) is 60.3 Å². The van der Waals surface area contributed by atoms with E-state index in [9.17, 15) is 32.3 Å². The zero-order chi connectivity index (χ0) is 42.4. The van der Waals surface area contributed by atoms with E-state index in [0.717, 1.165) is 55.8 Å². The number of aryl methyl sites for hydroxylation is 1. The van der Waals surface area contributed by atoms with Crippen LogP contribution in [0.4, 0.5) is 35.2 Å². The molecule has 4 fully saturated rings. The molecule has 5 amide bonds. The number of thiocarbonyl (C=S) groups is 1. The van der Waals surface area contributed by atoms with Crippen molar-refractivity contribution in [2.24, 2.45) is 13.0 Å². The monoisotopic (exact) mass is 836 g/mol. The highest BCUT2D eigenvalue weighted by Gasteiger charge is 2.53. The summed E-state index contributed by atoms with van der Waals surface area (Å²) in [5.74, 6) is -0.0655. The van der Waals surface area contributed by atoms with Gasteiger partial charge in [0.25, 0.3) is 5.91 Å². The van der Waals surface area contributed by atoms with E-state index in [1.165, 1.54) is 11.0 Å². The smallest absolute Gasteiger partial charge is 0.378 e. The Morgan fingerprint density at radius 1 is 1.14 bits per heavy atom. The number of carbonyl (C=O) groups excluding carboxylic acids is 4. The van der Waals surface area contributed by atoms with Gasteiger partial charge in [-0.15, -0.1) is 0 Å². The van der Waals surface area contributed by atoms with Crippen molar-refractivity contribution in [1.82, 2.24) is 29.9 Å². The van der Waals surface area contributed by atoms with Gasteiger partial charge in [-0.3, -0.25) is 39.1 Å². The van der Waals surface area contributed by atoms with E-state index in [1.807, 2.05) is 11.0 Å². The average Bonchev–Trinajstić information content (AvgIpc) is 3.61. The number of anilines is 3. The van der Waals surface area contributed by atoms with Crippen molar-refractivity contribution in [1.29, 1.82) is 5.26 Å². The van der Waals surface area contributed by atoms with Crippen LogP contribution in [0.25, 0.3) is 10.9 Å². The molecule has 19 heteroatoms.